The molecule has 3 amide bonds. The van der Waals surface area contributed by atoms with Crippen molar-refractivity contribution in [2.45, 2.75) is 46.1 Å². The molecule has 98 valence electrons. The van der Waals surface area contributed by atoms with Crippen LogP contribution in [0.3, 0.4) is 0 Å². The quantitative estimate of drug-likeness (QED) is 0.776. The average molecular weight is 241 g/mol. The van der Waals surface area contributed by atoms with E-state index >= 15 is 0 Å². The molecule has 0 aromatic heterocycles. The van der Waals surface area contributed by atoms with Crippen molar-refractivity contribution in [3.05, 3.63) is 0 Å². The van der Waals surface area contributed by atoms with Crippen LogP contribution in [0.25, 0.3) is 0 Å². The zero-order chi connectivity index (χ0) is 13.1. The maximum atomic E-state index is 11.5. The van der Waals surface area contributed by atoms with Gasteiger partial charge in [-0.25, -0.2) is 4.79 Å². The van der Waals surface area contributed by atoms with Gasteiger partial charge in [0, 0.05) is 6.04 Å². The van der Waals surface area contributed by atoms with E-state index in [0.29, 0.717) is 6.04 Å². The van der Waals surface area contributed by atoms with Gasteiger partial charge in [-0.05, 0) is 31.2 Å². The van der Waals surface area contributed by atoms with Crippen molar-refractivity contribution in [2.75, 3.05) is 13.1 Å². The molecule has 1 aliphatic heterocycles. The van der Waals surface area contributed by atoms with Gasteiger partial charge in [-0.1, -0.05) is 20.8 Å². The molecule has 1 atom stereocenters. The molecule has 17 heavy (non-hydrogen) atoms. The number of likely N-dealkylation sites (tertiary alicyclic amines) is 1. The summed E-state index contributed by atoms with van der Waals surface area (Å²) in [5.41, 5.74) is 5.17. The van der Waals surface area contributed by atoms with Gasteiger partial charge in [0.05, 0.1) is 6.54 Å². The Kier molecular flexibility index (Phi) is 4.51. The molecule has 5 heteroatoms. The SMILES string of the molecule is CC(C)(C)CC1CCCN1CC(=O)NC(N)=O. The van der Waals surface area contributed by atoms with E-state index in [2.05, 4.69) is 31.0 Å². The van der Waals surface area contributed by atoms with Gasteiger partial charge in [0.25, 0.3) is 0 Å². The number of carbonyl (C=O) groups is 2. The van der Waals surface area contributed by atoms with Crippen LogP contribution in [0.4, 0.5) is 4.79 Å². The highest BCUT2D eigenvalue weighted by molar-refractivity contribution is 5.94. The number of amides is 3. The molecule has 5 nitrogen and oxygen atoms in total. The molecule has 0 bridgehead atoms. The third-order valence-electron chi connectivity index (χ3n) is 2.96. The number of nitrogens with one attached hydrogen (secondary N) is 1. The first kappa shape index (κ1) is 14.0. The summed E-state index contributed by atoms with van der Waals surface area (Å²) in [7, 11) is 0. The zero-order valence-corrected chi connectivity index (χ0v) is 11.0. The number of hydrogen-bond donors (Lipinski definition) is 2. The van der Waals surface area contributed by atoms with E-state index in [1.165, 1.54) is 0 Å². The summed E-state index contributed by atoms with van der Waals surface area (Å²) in [6.45, 7) is 7.80. The van der Waals surface area contributed by atoms with Crippen LogP contribution in [-0.4, -0.2) is 36.0 Å². The Labute approximate surface area is 103 Å². The minimum absolute atomic E-state index is 0.257. The molecule has 1 aliphatic rings. The van der Waals surface area contributed by atoms with Crippen molar-refractivity contribution >= 4 is 11.9 Å². The van der Waals surface area contributed by atoms with E-state index in [4.69, 9.17) is 5.73 Å². The summed E-state index contributed by atoms with van der Waals surface area (Å²) in [5, 5.41) is 2.11. The molecule has 0 saturated carbocycles. The Hall–Kier alpha value is -1.10. The van der Waals surface area contributed by atoms with Gasteiger partial charge in [-0.2, -0.15) is 0 Å². The molecule has 1 heterocycles. The Balaban J connectivity index is 2.46. The van der Waals surface area contributed by atoms with Gasteiger partial charge in [0.15, 0.2) is 0 Å². The predicted octanol–water partition coefficient (Wildman–Crippen LogP) is 1.08. The second kappa shape index (κ2) is 5.49. The average Bonchev–Trinajstić information content (AvgIpc) is 2.48. The number of hydrogen-bond acceptors (Lipinski definition) is 3. The number of rotatable bonds is 3. The lowest BCUT2D eigenvalue weighted by atomic mass is 9.87. The van der Waals surface area contributed by atoms with Gasteiger partial charge < -0.3 is 5.73 Å². The van der Waals surface area contributed by atoms with Crippen LogP contribution in [0.15, 0.2) is 0 Å². The van der Waals surface area contributed by atoms with Gasteiger partial charge >= 0.3 is 6.03 Å². The molecule has 0 aromatic carbocycles. The summed E-state index contributed by atoms with van der Waals surface area (Å²) in [6.07, 6.45) is 3.31. The van der Waals surface area contributed by atoms with Gasteiger partial charge in [-0.15, -0.1) is 0 Å². The lowest BCUT2D eigenvalue weighted by Crippen LogP contribution is -2.44. The lowest BCUT2D eigenvalue weighted by molar-refractivity contribution is -0.121. The van der Waals surface area contributed by atoms with Crippen molar-refractivity contribution in [1.29, 1.82) is 0 Å². The molecule has 1 saturated heterocycles. The Morgan fingerprint density at radius 3 is 2.59 bits per heavy atom. The second-order valence-electron chi connectivity index (χ2n) is 5.94. The highest BCUT2D eigenvalue weighted by Crippen LogP contribution is 2.29. The number of nitrogens with zero attached hydrogens (tertiary/aromatic N) is 1. The first-order valence-corrected chi connectivity index (χ1v) is 6.11. The summed E-state index contributed by atoms with van der Waals surface area (Å²) in [5.74, 6) is -0.307. The molecule has 1 fully saturated rings. The van der Waals surface area contributed by atoms with Crippen molar-refractivity contribution in [2.24, 2.45) is 11.1 Å². The second-order valence-corrected chi connectivity index (χ2v) is 5.94. The first-order chi connectivity index (χ1) is 7.78. The topological polar surface area (TPSA) is 75.4 Å². The normalized spacial score (nSPS) is 21.5. The minimum atomic E-state index is -0.776. The monoisotopic (exact) mass is 241 g/mol. The molecule has 0 spiro atoms. The number of nitrogens with two attached hydrogens (primary N) is 1. The Morgan fingerprint density at radius 1 is 1.41 bits per heavy atom. The van der Waals surface area contributed by atoms with Crippen LogP contribution >= 0.6 is 0 Å². The van der Waals surface area contributed by atoms with E-state index in [1.807, 2.05) is 0 Å². The highest BCUT2D eigenvalue weighted by atomic mass is 16.2. The maximum absolute atomic E-state index is 11.5. The first-order valence-electron chi connectivity index (χ1n) is 6.11. The molecule has 0 radical (unpaired) electrons. The molecule has 0 aromatic rings. The van der Waals surface area contributed by atoms with Crippen molar-refractivity contribution in [1.82, 2.24) is 10.2 Å². The van der Waals surface area contributed by atoms with Crippen molar-refractivity contribution < 1.29 is 9.59 Å². The minimum Gasteiger partial charge on any atom is -0.351 e. The summed E-state index contributed by atoms with van der Waals surface area (Å²) in [4.78, 5) is 24.2. The standard InChI is InChI=1S/C12H23N3O2/c1-12(2,3)7-9-5-4-6-15(9)8-10(16)14-11(13)17/h9H,4-8H2,1-3H3,(H3,13,14,16,17). The van der Waals surface area contributed by atoms with E-state index in [-0.39, 0.29) is 17.9 Å². The largest absolute Gasteiger partial charge is 0.351 e. The third kappa shape index (κ3) is 5.17. The van der Waals surface area contributed by atoms with E-state index < -0.39 is 6.03 Å². The van der Waals surface area contributed by atoms with E-state index in [9.17, 15) is 9.59 Å². The predicted molar refractivity (Wildman–Crippen MR) is 66.4 cm³/mol. The fourth-order valence-electron chi connectivity index (χ4n) is 2.40. The van der Waals surface area contributed by atoms with Crippen molar-refractivity contribution in [3.8, 4) is 0 Å². The number of urea groups is 1. The zero-order valence-electron chi connectivity index (χ0n) is 11.0. The third-order valence-corrected chi connectivity index (χ3v) is 2.96. The molecular weight excluding hydrogens is 218 g/mol. The van der Waals surface area contributed by atoms with E-state index in [1.54, 1.807) is 0 Å². The Bertz CT molecular complexity index is 297. The van der Waals surface area contributed by atoms with Crippen molar-refractivity contribution in [3.63, 3.8) is 0 Å². The Morgan fingerprint density at radius 2 is 2.06 bits per heavy atom. The maximum Gasteiger partial charge on any atom is 0.318 e. The van der Waals surface area contributed by atoms with Crippen LogP contribution < -0.4 is 11.1 Å². The highest BCUT2D eigenvalue weighted by Gasteiger charge is 2.29. The van der Waals surface area contributed by atoms with Crippen LogP contribution in [0, 0.1) is 5.41 Å². The van der Waals surface area contributed by atoms with E-state index in [0.717, 1.165) is 25.8 Å². The summed E-state index contributed by atoms with van der Waals surface area (Å²) in [6, 6.07) is -0.338. The molecule has 3 N–H and O–H groups in total. The molecule has 1 unspecified atom stereocenters. The fraction of sp³-hybridized carbons (Fsp3) is 0.833. The summed E-state index contributed by atoms with van der Waals surface area (Å²) < 4.78 is 0. The van der Waals surface area contributed by atoms with Gasteiger partial charge in [0.1, 0.15) is 0 Å². The van der Waals surface area contributed by atoms with Crippen LogP contribution in [0.1, 0.15) is 40.0 Å². The molecular formula is C12H23N3O2. The molecule has 1 rings (SSSR count). The van der Waals surface area contributed by atoms with Gasteiger partial charge in [-0.3, -0.25) is 15.0 Å². The number of carbonyl (C=O) groups excluding carboxylic acids is 2. The van der Waals surface area contributed by atoms with Crippen LogP contribution in [0.2, 0.25) is 0 Å². The summed E-state index contributed by atoms with van der Waals surface area (Å²) >= 11 is 0. The van der Waals surface area contributed by atoms with Crippen LogP contribution in [-0.2, 0) is 4.79 Å². The van der Waals surface area contributed by atoms with Gasteiger partial charge in [0.2, 0.25) is 5.91 Å². The molecule has 0 aliphatic carbocycles. The van der Waals surface area contributed by atoms with Crippen LogP contribution in [0.5, 0.6) is 0 Å². The smallest absolute Gasteiger partial charge is 0.318 e. The number of imide groups is 1. The fourth-order valence-corrected chi connectivity index (χ4v) is 2.40. The number of primary amides is 1. The lowest BCUT2D eigenvalue weighted by Gasteiger charge is -2.29.